The summed E-state index contributed by atoms with van der Waals surface area (Å²) in [5, 5.41) is 7.41. The normalized spacial score (nSPS) is 10.3. The van der Waals surface area contributed by atoms with Crippen LogP contribution in [0.2, 0.25) is 5.02 Å². The fourth-order valence-electron chi connectivity index (χ4n) is 1.67. The van der Waals surface area contributed by atoms with Crippen molar-refractivity contribution in [3.63, 3.8) is 0 Å². The highest BCUT2D eigenvalue weighted by Gasteiger charge is 2.08. The fourth-order valence-corrected chi connectivity index (χ4v) is 1.95. The van der Waals surface area contributed by atoms with Gasteiger partial charge in [-0.25, -0.2) is 0 Å². The number of hydrogen-bond acceptors (Lipinski definition) is 3. The van der Waals surface area contributed by atoms with Crippen molar-refractivity contribution >= 4 is 40.4 Å². The Hall–Kier alpha value is -1.92. The first-order valence-corrected chi connectivity index (χ1v) is 6.63. The second kappa shape index (κ2) is 6.02. The summed E-state index contributed by atoms with van der Waals surface area (Å²) in [5.41, 5.74) is 7.58. The Balaban J connectivity index is 2.04. The third-order valence-corrected chi connectivity index (χ3v) is 3.23. The molecule has 0 bridgehead atoms. The van der Waals surface area contributed by atoms with Gasteiger partial charge in [0.05, 0.1) is 10.7 Å². The van der Waals surface area contributed by atoms with E-state index >= 15 is 0 Å². The standard InChI is InChI=1S/C13H13ClN4OS/c1-8-11(14)6-18(17-8)7-12(19)16-10-4-2-3-9(5-10)13(15)20/h2-6H,7H2,1H3,(H2,15,20)(H,16,19). The van der Waals surface area contributed by atoms with Crippen molar-refractivity contribution in [3.8, 4) is 0 Å². The predicted molar refractivity (Wildman–Crippen MR) is 82.9 cm³/mol. The first-order chi connectivity index (χ1) is 9.45. The highest BCUT2D eigenvalue weighted by Crippen LogP contribution is 2.13. The zero-order valence-corrected chi connectivity index (χ0v) is 12.3. The molecule has 0 atom stereocenters. The monoisotopic (exact) mass is 308 g/mol. The average molecular weight is 309 g/mol. The molecule has 1 amide bonds. The maximum Gasteiger partial charge on any atom is 0.246 e. The molecule has 0 aliphatic rings. The summed E-state index contributed by atoms with van der Waals surface area (Å²) >= 11 is 10.8. The third kappa shape index (κ3) is 3.55. The summed E-state index contributed by atoms with van der Waals surface area (Å²) in [6.45, 7) is 1.87. The quantitative estimate of drug-likeness (QED) is 0.849. The van der Waals surface area contributed by atoms with Crippen molar-refractivity contribution in [2.45, 2.75) is 13.5 Å². The van der Waals surface area contributed by atoms with Crippen LogP contribution in [0.25, 0.3) is 0 Å². The van der Waals surface area contributed by atoms with Crippen LogP contribution in [-0.4, -0.2) is 20.7 Å². The molecule has 20 heavy (non-hydrogen) atoms. The number of nitrogens with one attached hydrogen (secondary N) is 1. The lowest BCUT2D eigenvalue weighted by atomic mass is 10.2. The van der Waals surface area contributed by atoms with Gasteiger partial charge in [0.25, 0.3) is 0 Å². The smallest absolute Gasteiger partial charge is 0.246 e. The molecule has 0 unspecified atom stereocenters. The number of halogens is 1. The lowest BCUT2D eigenvalue weighted by Crippen LogP contribution is -2.19. The number of aryl methyl sites for hydroxylation is 1. The zero-order chi connectivity index (χ0) is 14.7. The Kier molecular flexibility index (Phi) is 4.36. The maximum absolute atomic E-state index is 11.9. The van der Waals surface area contributed by atoms with Gasteiger partial charge in [-0.05, 0) is 19.1 Å². The van der Waals surface area contributed by atoms with E-state index in [0.717, 1.165) is 0 Å². The molecular weight excluding hydrogens is 296 g/mol. The highest BCUT2D eigenvalue weighted by molar-refractivity contribution is 7.80. The van der Waals surface area contributed by atoms with Gasteiger partial charge in [-0.1, -0.05) is 36.0 Å². The van der Waals surface area contributed by atoms with E-state index in [1.807, 2.05) is 0 Å². The number of carbonyl (C=O) groups is 1. The van der Waals surface area contributed by atoms with Gasteiger partial charge in [0.15, 0.2) is 0 Å². The Morgan fingerprint density at radius 2 is 2.30 bits per heavy atom. The molecule has 1 aromatic heterocycles. The average Bonchev–Trinajstić information content (AvgIpc) is 2.68. The number of hydrogen-bond donors (Lipinski definition) is 2. The highest BCUT2D eigenvalue weighted by atomic mass is 35.5. The Labute approximate surface area is 126 Å². The molecule has 2 rings (SSSR count). The predicted octanol–water partition coefficient (Wildman–Crippen LogP) is 2.12. The SMILES string of the molecule is Cc1nn(CC(=O)Nc2cccc(C(N)=S)c2)cc1Cl. The molecule has 1 aromatic carbocycles. The molecule has 7 heteroatoms. The molecule has 2 aromatic rings. The molecule has 0 aliphatic carbocycles. The molecular formula is C13H13ClN4OS. The van der Waals surface area contributed by atoms with E-state index in [0.29, 0.717) is 22.0 Å². The number of aromatic nitrogens is 2. The minimum absolute atomic E-state index is 0.0882. The van der Waals surface area contributed by atoms with Crippen LogP contribution in [0, 0.1) is 6.92 Å². The molecule has 3 N–H and O–H groups in total. The molecule has 0 spiro atoms. The maximum atomic E-state index is 11.9. The summed E-state index contributed by atoms with van der Waals surface area (Å²) in [6, 6.07) is 7.05. The minimum Gasteiger partial charge on any atom is -0.389 e. The topological polar surface area (TPSA) is 72.9 Å². The van der Waals surface area contributed by atoms with Gasteiger partial charge in [0.1, 0.15) is 11.5 Å². The van der Waals surface area contributed by atoms with Crippen LogP contribution in [0.5, 0.6) is 0 Å². The van der Waals surface area contributed by atoms with Gasteiger partial charge in [0, 0.05) is 17.4 Å². The van der Waals surface area contributed by atoms with Gasteiger partial charge in [0.2, 0.25) is 5.91 Å². The van der Waals surface area contributed by atoms with E-state index in [2.05, 4.69) is 10.4 Å². The summed E-state index contributed by atoms with van der Waals surface area (Å²) in [6.07, 6.45) is 1.61. The van der Waals surface area contributed by atoms with Crippen LogP contribution >= 0.6 is 23.8 Å². The number of nitrogens with zero attached hydrogens (tertiary/aromatic N) is 2. The number of anilines is 1. The zero-order valence-electron chi connectivity index (χ0n) is 10.8. The van der Waals surface area contributed by atoms with Crippen LogP contribution in [0.15, 0.2) is 30.5 Å². The number of nitrogens with two attached hydrogens (primary N) is 1. The summed E-state index contributed by atoms with van der Waals surface area (Å²) in [4.78, 5) is 12.2. The lowest BCUT2D eigenvalue weighted by molar-refractivity contribution is -0.116. The van der Waals surface area contributed by atoms with Crippen molar-refractivity contribution in [2.75, 3.05) is 5.32 Å². The first-order valence-electron chi connectivity index (χ1n) is 5.85. The molecule has 0 radical (unpaired) electrons. The van der Waals surface area contributed by atoms with Gasteiger partial charge in [-0.15, -0.1) is 0 Å². The van der Waals surface area contributed by atoms with Crippen molar-refractivity contribution < 1.29 is 4.79 Å². The lowest BCUT2D eigenvalue weighted by Gasteiger charge is -2.07. The molecule has 104 valence electrons. The first kappa shape index (κ1) is 14.5. The number of thiocarbonyl (C=S) groups is 1. The van der Waals surface area contributed by atoms with Crippen LogP contribution in [0.1, 0.15) is 11.3 Å². The molecule has 0 fully saturated rings. The van der Waals surface area contributed by atoms with Crippen LogP contribution < -0.4 is 11.1 Å². The second-order valence-electron chi connectivity index (χ2n) is 4.25. The van der Waals surface area contributed by atoms with E-state index < -0.39 is 0 Å². The van der Waals surface area contributed by atoms with Crippen molar-refractivity contribution in [1.29, 1.82) is 0 Å². The largest absolute Gasteiger partial charge is 0.389 e. The van der Waals surface area contributed by atoms with Gasteiger partial charge in [-0.3, -0.25) is 9.48 Å². The Morgan fingerprint density at radius 1 is 1.55 bits per heavy atom. The summed E-state index contributed by atoms with van der Waals surface area (Å²) in [7, 11) is 0. The van der Waals surface area contributed by atoms with E-state index in [1.165, 1.54) is 4.68 Å². The van der Waals surface area contributed by atoms with Crippen molar-refractivity contribution in [2.24, 2.45) is 5.73 Å². The van der Waals surface area contributed by atoms with Gasteiger partial charge >= 0.3 is 0 Å². The van der Waals surface area contributed by atoms with Crippen LogP contribution in [0.4, 0.5) is 5.69 Å². The van der Waals surface area contributed by atoms with Gasteiger partial charge < -0.3 is 11.1 Å². The van der Waals surface area contributed by atoms with Crippen LogP contribution in [0.3, 0.4) is 0 Å². The number of benzene rings is 1. The van der Waals surface area contributed by atoms with Crippen LogP contribution in [-0.2, 0) is 11.3 Å². The van der Waals surface area contributed by atoms with E-state index in [9.17, 15) is 4.79 Å². The number of rotatable bonds is 4. The number of carbonyl (C=O) groups excluding carboxylic acids is 1. The fraction of sp³-hybridized carbons (Fsp3) is 0.154. The van der Waals surface area contributed by atoms with E-state index in [1.54, 1.807) is 37.4 Å². The minimum atomic E-state index is -0.204. The molecule has 1 heterocycles. The molecule has 5 nitrogen and oxygen atoms in total. The Morgan fingerprint density at radius 3 is 2.90 bits per heavy atom. The van der Waals surface area contributed by atoms with Crippen molar-refractivity contribution in [1.82, 2.24) is 9.78 Å². The second-order valence-corrected chi connectivity index (χ2v) is 5.10. The summed E-state index contributed by atoms with van der Waals surface area (Å²) < 4.78 is 1.49. The molecule has 0 aliphatic heterocycles. The molecule has 0 saturated carbocycles. The van der Waals surface area contributed by atoms with E-state index in [-0.39, 0.29) is 17.4 Å². The van der Waals surface area contributed by atoms with E-state index in [4.69, 9.17) is 29.6 Å². The molecule has 0 saturated heterocycles. The van der Waals surface area contributed by atoms with Crippen molar-refractivity contribution in [3.05, 3.63) is 46.7 Å². The third-order valence-electron chi connectivity index (χ3n) is 2.62. The van der Waals surface area contributed by atoms with Gasteiger partial charge in [-0.2, -0.15) is 5.10 Å². The Bertz CT molecular complexity index is 649. The number of amides is 1. The summed E-state index contributed by atoms with van der Waals surface area (Å²) in [5.74, 6) is -0.204.